The van der Waals surface area contributed by atoms with E-state index in [0.717, 1.165) is 24.5 Å². The molecule has 0 radical (unpaired) electrons. The van der Waals surface area contributed by atoms with Gasteiger partial charge in [-0.15, -0.1) is 12.4 Å². The van der Waals surface area contributed by atoms with Gasteiger partial charge >= 0.3 is 0 Å². The Bertz CT molecular complexity index is 593. The lowest BCUT2D eigenvalue weighted by Crippen LogP contribution is -2.54. The van der Waals surface area contributed by atoms with Crippen molar-refractivity contribution in [2.24, 2.45) is 5.92 Å². The van der Waals surface area contributed by atoms with Gasteiger partial charge in [-0.05, 0) is 31.2 Å². The van der Waals surface area contributed by atoms with E-state index in [1.165, 1.54) is 0 Å². The summed E-state index contributed by atoms with van der Waals surface area (Å²) in [4.78, 5) is 28.7. The van der Waals surface area contributed by atoms with Crippen LogP contribution in [-0.4, -0.2) is 56.0 Å². The number of hydrogen-bond acceptors (Lipinski definition) is 4. The zero-order valence-corrected chi connectivity index (χ0v) is 14.8. The molecular formula is C17H24ClN3O3. The first-order valence-corrected chi connectivity index (χ1v) is 8.05. The summed E-state index contributed by atoms with van der Waals surface area (Å²) in [6.07, 6.45) is 0.293. The van der Waals surface area contributed by atoms with Crippen LogP contribution in [0.25, 0.3) is 0 Å². The maximum Gasteiger partial charge on any atom is 0.228 e. The highest BCUT2D eigenvalue weighted by Gasteiger charge is 2.38. The Morgan fingerprint density at radius 2 is 2.00 bits per heavy atom. The van der Waals surface area contributed by atoms with Gasteiger partial charge in [-0.3, -0.25) is 9.59 Å². The number of methoxy groups -OCH3 is 1. The molecule has 2 aliphatic rings. The molecule has 0 aliphatic carbocycles. The van der Waals surface area contributed by atoms with Crippen LogP contribution in [-0.2, 0) is 9.59 Å². The van der Waals surface area contributed by atoms with Gasteiger partial charge in [0.1, 0.15) is 5.75 Å². The van der Waals surface area contributed by atoms with Crippen molar-refractivity contribution in [2.45, 2.75) is 19.4 Å². The smallest absolute Gasteiger partial charge is 0.228 e. The molecule has 0 saturated carbocycles. The Balaban J connectivity index is 0.00000208. The first kappa shape index (κ1) is 18.5. The molecule has 3 rings (SSSR count). The molecule has 7 heteroatoms. The molecule has 0 spiro atoms. The number of benzene rings is 1. The summed E-state index contributed by atoms with van der Waals surface area (Å²) in [6, 6.07) is 7.56. The van der Waals surface area contributed by atoms with Crippen LogP contribution < -0.4 is 15.0 Å². The first-order valence-electron chi connectivity index (χ1n) is 8.05. The lowest BCUT2D eigenvalue weighted by Gasteiger charge is -2.35. The van der Waals surface area contributed by atoms with Crippen LogP contribution in [0.1, 0.15) is 13.3 Å². The van der Waals surface area contributed by atoms with Gasteiger partial charge in [0, 0.05) is 44.3 Å². The van der Waals surface area contributed by atoms with Gasteiger partial charge in [-0.25, -0.2) is 0 Å². The van der Waals surface area contributed by atoms with Gasteiger partial charge < -0.3 is 19.9 Å². The van der Waals surface area contributed by atoms with E-state index in [1.54, 1.807) is 12.0 Å². The summed E-state index contributed by atoms with van der Waals surface area (Å²) >= 11 is 0. The van der Waals surface area contributed by atoms with Crippen molar-refractivity contribution in [2.75, 3.05) is 38.2 Å². The Morgan fingerprint density at radius 3 is 2.62 bits per heavy atom. The fourth-order valence-electron chi connectivity index (χ4n) is 3.29. The number of piperazine rings is 1. The second kappa shape index (κ2) is 7.85. The minimum Gasteiger partial charge on any atom is -0.497 e. The second-order valence-corrected chi connectivity index (χ2v) is 6.19. The van der Waals surface area contributed by atoms with Crippen molar-refractivity contribution in [1.29, 1.82) is 0 Å². The third-order valence-corrected chi connectivity index (χ3v) is 4.64. The van der Waals surface area contributed by atoms with E-state index in [2.05, 4.69) is 5.32 Å². The fourth-order valence-corrected chi connectivity index (χ4v) is 3.29. The number of amides is 2. The standard InChI is InChI=1S/C17H23N3O3.ClH/c1-12-10-18-7-8-19(12)17(22)13-9-16(21)20(11-13)14-3-5-15(23-2)6-4-14;/h3-6,12-13,18H,7-11H2,1-2H3;1H/t12-,13?;/m1./s1. The molecule has 2 saturated heterocycles. The van der Waals surface area contributed by atoms with Crippen molar-refractivity contribution in [3.05, 3.63) is 24.3 Å². The number of ether oxygens (including phenoxy) is 1. The van der Waals surface area contributed by atoms with Gasteiger partial charge in [0.2, 0.25) is 11.8 Å². The Labute approximate surface area is 148 Å². The molecule has 1 aromatic rings. The largest absolute Gasteiger partial charge is 0.497 e. The average molecular weight is 354 g/mol. The van der Waals surface area contributed by atoms with Gasteiger partial charge in [0.05, 0.1) is 13.0 Å². The molecule has 132 valence electrons. The van der Waals surface area contributed by atoms with Crippen molar-refractivity contribution in [3.8, 4) is 5.75 Å². The van der Waals surface area contributed by atoms with Gasteiger partial charge in [-0.1, -0.05) is 0 Å². The lowest BCUT2D eigenvalue weighted by molar-refractivity contribution is -0.138. The first-order chi connectivity index (χ1) is 11.1. The van der Waals surface area contributed by atoms with E-state index in [4.69, 9.17) is 4.74 Å². The molecule has 0 aromatic heterocycles. The fraction of sp³-hybridized carbons (Fsp3) is 0.529. The summed E-state index contributed by atoms with van der Waals surface area (Å²) in [7, 11) is 1.61. The summed E-state index contributed by atoms with van der Waals surface area (Å²) in [6.45, 7) is 4.85. The Kier molecular flexibility index (Phi) is 6.07. The average Bonchev–Trinajstić information content (AvgIpc) is 2.96. The van der Waals surface area contributed by atoms with Gasteiger partial charge in [-0.2, -0.15) is 0 Å². The third-order valence-electron chi connectivity index (χ3n) is 4.64. The van der Waals surface area contributed by atoms with Gasteiger partial charge in [0.25, 0.3) is 0 Å². The number of hydrogen-bond donors (Lipinski definition) is 1. The highest BCUT2D eigenvalue weighted by Crippen LogP contribution is 2.28. The molecule has 24 heavy (non-hydrogen) atoms. The van der Waals surface area contributed by atoms with E-state index in [1.807, 2.05) is 36.1 Å². The summed E-state index contributed by atoms with van der Waals surface area (Å²) in [5.41, 5.74) is 0.819. The second-order valence-electron chi connectivity index (χ2n) is 6.19. The number of carbonyl (C=O) groups excluding carboxylic acids is 2. The summed E-state index contributed by atoms with van der Waals surface area (Å²) in [5.74, 6) is 0.618. The third kappa shape index (κ3) is 3.65. The van der Waals surface area contributed by atoms with E-state index in [-0.39, 0.29) is 36.2 Å². The number of anilines is 1. The number of nitrogens with zero attached hydrogens (tertiary/aromatic N) is 2. The Morgan fingerprint density at radius 1 is 1.29 bits per heavy atom. The Hall–Kier alpha value is -1.79. The molecule has 2 fully saturated rings. The number of halogens is 1. The quantitative estimate of drug-likeness (QED) is 0.889. The highest BCUT2D eigenvalue weighted by atomic mass is 35.5. The maximum atomic E-state index is 12.7. The predicted molar refractivity (Wildman–Crippen MR) is 94.7 cm³/mol. The van der Waals surface area contributed by atoms with Crippen LogP contribution in [0.3, 0.4) is 0 Å². The molecule has 1 N–H and O–H groups in total. The maximum absolute atomic E-state index is 12.7. The summed E-state index contributed by atoms with van der Waals surface area (Å²) in [5, 5.41) is 3.28. The van der Waals surface area contributed by atoms with Crippen LogP contribution in [0.5, 0.6) is 5.75 Å². The topological polar surface area (TPSA) is 61.9 Å². The molecule has 1 unspecified atom stereocenters. The monoisotopic (exact) mass is 353 g/mol. The van der Waals surface area contributed by atoms with Crippen LogP contribution in [0.4, 0.5) is 5.69 Å². The minimum atomic E-state index is -0.245. The zero-order valence-electron chi connectivity index (χ0n) is 14.0. The molecule has 2 heterocycles. The molecule has 2 atom stereocenters. The van der Waals surface area contributed by atoms with Crippen molar-refractivity contribution in [3.63, 3.8) is 0 Å². The minimum absolute atomic E-state index is 0. The number of nitrogens with one attached hydrogen (secondary N) is 1. The number of rotatable bonds is 3. The van der Waals surface area contributed by atoms with E-state index in [0.29, 0.717) is 19.5 Å². The molecular weight excluding hydrogens is 330 g/mol. The predicted octanol–water partition coefficient (Wildman–Crippen LogP) is 1.29. The van der Waals surface area contributed by atoms with Crippen LogP contribution in [0.2, 0.25) is 0 Å². The molecule has 0 bridgehead atoms. The van der Waals surface area contributed by atoms with Crippen molar-refractivity contribution < 1.29 is 14.3 Å². The highest BCUT2D eigenvalue weighted by molar-refractivity contribution is 6.00. The van der Waals surface area contributed by atoms with Crippen LogP contribution >= 0.6 is 12.4 Å². The van der Waals surface area contributed by atoms with Crippen molar-refractivity contribution >= 4 is 29.9 Å². The summed E-state index contributed by atoms with van der Waals surface area (Å²) < 4.78 is 5.14. The van der Waals surface area contributed by atoms with E-state index in [9.17, 15) is 9.59 Å². The normalized spacial score (nSPS) is 23.8. The van der Waals surface area contributed by atoms with Crippen LogP contribution in [0.15, 0.2) is 24.3 Å². The van der Waals surface area contributed by atoms with E-state index < -0.39 is 0 Å². The molecule has 6 nitrogen and oxygen atoms in total. The number of carbonyl (C=O) groups is 2. The van der Waals surface area contributed by atoms with E-state index >= 15 is 0 Å². The zero-order chi connectivity index (χ0) is 16.4. The molecule has 2 amide bonds. The van der Waals surface area contributed by atoms with Gasteiger partial charge in [0.15, 0.2) is 0 Å². The van der Waals surface area contributed by atoms with Crippen LogP contribution in [0, 0.1) is 5.92 Å². The van der Waals surface area contributed by atoms with Crippen molar-refractivity contribution in [1.82, 2.24) is 10.2 Å². The molecule has 1 aromatic carbocycles. The molecule has 2 aliphatic heterocycles. The lowest BCUT2D eigenvalue weighted by atomic mass is 10.1. The SMILES string of the molecule is COc1ccc(N2CC(C(=O)N3CCNC[C@H]3C)CC2=O)cc1.Cl.